The van der Waals surface area contributed by atoms with Gasteiger partial charge < -0.3 is 9.47 Å². The van der Waals surface area contributed by atoms with Crippen molar-refractivity contribution in [3.8, 4) is 36.5 Å². The van der Waals surface area contributed by atoms with Gasteiger partial charge in [0.2, 0.25) is 0 Å². The molecule has 0 aliphatic heterocycles. The van der Waals surface area contributed by atoms with Crippen LogP contribution < -0.4 is 0 Å². The molecule has 2 heteroatoms. The van der Waals surface area contributed by atoms with Gasteiger partial charge in [-0.05, 0) is 19.3 Å². The maximum atomic E-state index is 5.36. The maximum Gasteiger partial charge on any atom is 0.119 e. The maximum absolute atomic E-state index is 5.36. The van der Waals surface area contributed by atoms with E-state index in [4.69, 9.17) is 22.3 Å². The summed E-state index contributed by atoms with van der Waals surface area (Å²) in [6, 6.07) is 0. The molecule has 1 aliphatic rings. The molecule has 0 unspecified atom stereocenters. The summed E-state index contributed by atoms with van der Waals surface area (Å²) in [5.41, 5.74) is 0. The average Bonchev–Trinajstić information content (AvgIpc) is 2.49. The van der Waals surface area contributed by atoms with E-state index in [0.29, 0.717) is 13.2 Å². The number of terminal acetylenes is 2. The zero-order valence-corrected chi connectivity index (χ0v) is 8.66. The third kappa shape index (κ3) is 4.57. The summed E-state index contributed by atoms with van der Waals surface area (Å²) in [7, 11) is 0. The molecule has 0 spiro atoms. The predicted molar refractivity (Wildman–Crippen MR) is 58.8 cm³/mol. The van der Waals surface area contributed by atoms with Crippen molar-refractivity contribution < 1.29 is 9.47 Å². The molecule has 1 aliphatic carbocycles. The fourth-order valence-corrected chi connectivity index (χ4v) is 1.37. The SMILES string of the molecule is C#CCO[C@@H]1C#C[C@H](OCC#C)CCC1. The highest BCUT2D eigenvalue weighted by Crippen LogP contribution is 2.12. The molecule has 0 saturated heterocycles. The van der Waals surface area contributed by atoms with E-state index in [2.05, 4.69) is 23.7 Å². The standard InChI is InChI=1S/C13H14O2/c1-3-10-14-12-6-5-7-13(9-8-12)15-11-4-2/h1-2,12-13H,5-7,10-11H2/t12-,13+. The van der Waals surface area contributed by atoms with Crippen LogP contribution >= 0.6 is 0 Å². The third-order valence-corrected chi connectivity index (χ3v) is 2.07. The average molecular weight is 202 g/mol. The first-order chi connectivity index (χ1) is 7.36. The third-order valence-electron chi connectivity index (χ3n) is 2.07. The lowest BCUT2D eigenvalue weighted by atomic mass is 10.1. The topological polar surface area (TPSA) is 18.5 Å². The molecule has 15 heavy (non-hydrogen) atoms. The van der Waals surface area contributed by atoms with Gasteiger partial charge in [-0.15, -0.1) is 12.8 Å². The Hall–Kier alpha value is -1.40. The van der Waals surface area contributed by atoms with Gasteiger partial charge in [-0.25, -0.2) is 0 Å². The molecule has 0 fully saturated rings. The second-order valence-electron chi connectivity index (χ2n) is 3.23. The Balaban J connectivity index is 2.40. The quantitative estimate of drug-likeness (QED) is 0.638. The van der Waals surface area contributed by atoms with Gasteiger partial charge in [0.1, 0.15) is 25.4 Å². The number of hydrogen-bond donors (Lipinski definition) is 0. The van der Waals surface area contributed by atoms with Crippen molar-refractivity contribution in [2.24, 2.45) is 0 Å². The summed E-state index contributed by atoms with van der Waals surface area (Å²) < 4.78 is 10.7. The molecule has 2 atom stereocenters. The highest BCUT2D eigenvalue weighted by molar-refractivity contribution is 5.12. The summed E-state index contributed by atoms with van der Waals surface area (Å²) in [6.07, 6.45) is 12.9. The minimum Gasteiger partial charge on any atom is -0.353 e. The van der Waals surface area contributed by atoms with Crippen molar-refractivity contribution in [1.82, 2.24) is 0 Å². The monoisotopic (exact) mass is 202 g/mol. The van der Waals surface area contributed by atoms with Crippen LogP contribution in [0.3, 0.4) is 0 Å². The fourth-order valence-electron chi connectivity index (χ4n) is 1.37. The lowest BCUT2D eigenvalue weighted by molar-refractivity contribution is 0.100. The predicted octanol–water partition coefficient (Wildman–Crippen LogP) is 1.21. The van der Waals surface area contributed by atoms with Crippen LogP contribution in [-0.2, 0) is 9.47 Å². The molecule has 0 aromatic heterocycles. The van der Waals surface area contributed by atoms with Crippen molar-refractivity contribution >= 4 is 0 Å². The Morgan fingerprint density at radius 3 is 1.87 bits per heavy atom. The second kappa shape index (κ2) is 6.97. The largest absolute Gasteiger partial charge is 0.353 e. The smallest absolute Gasteiger partial charge is 0.119 e. The fraction of sp³-hybridized carbons (Fsp3) is 0.538. The van der Waals surface area contributed by atoms with Crippen LogP contribution in [0.15, 0.2) is 0 Å². The van der Waals surface area contributed by atoms with Crippen LogP contribution in [0.5, 0.6) is 0 Å². The van der Waals surface area contributed by atoms with E-state index in [0.717, 1.165) is 19.3 Å². The van der Waals surface area contributed by atoms with Gasteiger partial charge >= 0.3 is 0 Å². The van der Waals surface area contributed by atoms with Gasteiger partial charge in [-0.3, -0.25) is 0 Å². The molecular formula is C13H14O2. The number of hydrogen-bond acceptors (Lipinski definition) is 2. The summed E-state index contributed by atoms with van der Waals surface area (Å²) in [4.78, 5) is 0. The minimum atomic E-state index is -0.0551. The minimum absolute atomic E-state index is 0.0551. The van der Waals surface area contributed by atoms with Gasteiger partial charge in [0, 0.05) is 0 Å². The Morgan fingerprint density at radius 1 is 1.00 bits per heavy atom. The Kier molecular flexibility index (Phi) is 5.42. The van der Waals surface area contributed by atoms with Crippen LogP contribution in [-0.4, -0.2) is 25.4 Å². The molecule has 0 N–H and O–H groups in total. The molecule has 0 saturated carbocycles. The second-order valence-corrected chi connectivity index (χ2v) is 3.23. The van der Waals surface area contributed by atoms with Crippen LogP contribution in [0.1, 0.15) is 19.3 Å². The zero-order chi connectivity index (χ0) is 10.9. The Bertz CT molecular complexity index is 291. The summed E-state index contributed by atoms with van der Waals surface area (Å²) >= 11 is 0. The van der Waals surface area contributed by atoms with Crippen molar-refractivity contribution in [3.63, 3.8) is 0 Å². The number of rotatable bonds is 4. The van der Waals surface area contributed by atoms with E-state index >= 15 is 0 Å². The lowest BCUT2D eigenvalue weighted by Crippen LogP contribution is -2.09. The molecular weight excluding hydrogens is 188 g/mol. The Labute approximate surface area is 91.3 Å². The molecule has 0 aromatic rings. The van der Waals surface area contributed by atoms with Crippen molar-refractivity contribution in [2.45, 2.75) is 31.5 Å². The van der Waals surface area contributed by atoms with Crippen LogP contribution in [0.2, 0.25) is 0 Å². The van der Waals surface area contributed by atoms with E-state index < -0.39 is 0 Å². The first kappa shape index (κ1) is 11.7. The highest BCUT2D eigenvalue weighted by Gasteiger charge is 2.13. The first-order valence-electron chi connectivity index (χ1n) is 4.98. The van der Waals surface area contributed by atoms with Gasteiger partial charge in [0.15, 0.2) is 0 Å². The number of ether oxygens (including phenoxy) is 2. The van der Waals surface area contributed by atoms with Crippen LogP contribution in [0.4, 0.5) is 0 Å². The highest BCUT2D eigenvalue weighted by atomic mass is 16.5. The van der Waals surface area contributed by atoms with E-state index in [1.54, 1.807) is 0 Å². The van der Waals surface area contributed by atoms with Crippen LogP contribution in [0, 0.1) is 36.5 Å². The normalized spacial score (nSPS) is 24.1. The summed E-state index contributed by atoms with van der Waals surface area (Å²) in [5.74, 6) is 10.9. The van der Waals surface area contributed by atoms with Gasteiger partial charge in [0.25, 0.3) is 0 Å². The molecule has 2 nitrogen and oxygen atoms in total. The van der Waals surface area contributed by atoms with E-state index in [9.17, 15) is 0 Å². The van der Waals surface area contributed by atoms with E-state index in [1.165, 1.54) is 0 Å². The molecule has 0 amide bonds. The van der Waals surface area contributed by atoms with Crippen molar-refractivity contribution in [2.75, 3.05) is 13.2 Å². The van der Waals surface area contributed by atoms with Gasteiger partial charge in [-0.2, -0.15) is 0 Å². The first-order valence-corrected chi connectivity index (χ1v) is 4.98. The van der Waals surface area contributed by atoms with Gasteiger partial charge in [-0.1, -0.05) is 23.7 Å². The Morgan fingerprint density at radius 2 is 1.47 bits per heavy atom. The van der Waals surface area contributed by atoms with Gasteiger partial charge in [0.05, 0.1) is 0 Å². The lowest BCUT2D eigenvalue weighted by Gasteiger charge is -2.08. The summed E-state index contributed by atoms with van der Waals surface area (Å²) in [6.45, 7) is 0.629. The summed E-state index contributed by atoms with van der Waals surface area (Å²) in [5, 5.41) is 0. The van der Waals surface area contributed by atoms with E-state index in [-0.39, 0.29) is 12.2 Å². The molecule has 0 radical (unpaired) electrons. The van der Waals surface area contributed by atoms with Crippen molar-refractivity contribution in [1.29, 1.82) is 0 Å². The molecule has 0 heterocycles. The van der Waals surface area contributed by atoms with E-state index in [1.807, 2.05) is 0 Å². The molecule has 78 valence electrons. The molecule has 0 aromatic carbocycles. The zero-order valence-electron chi connectivity index (χ0n) is 8.66. The molecule has 0 bridgehead atoms. The molecule has 1 rings (SSSR count). The van der Waals surface area contributed by atoms with Crippen LogP contribution in [0.25, 0.3) is 0 Å². The van der Waals surface area contributed by atoms with Crippen molar-refractivity contribution in [3.05, 3.63) is 0 Å².